The number of amides is 2. The Morgan fingerprint density at radius 3 is 2.31 bits per heavy atom. The number of nitrogens with two attached hydrogens (primary N) is 1. The first-order valence-electron chi connectivity index (χ1n) is 8.45. The summed E-state index contributed by atoms with van der Waals surface area (Å²) in [5, 5.41) is 3.35. The van der Waals surface area contributed by atoms with Gasteiger partial charge in [-0.15, -0.1) is 0 Å². The Kier molecular flexibility index (Phi) is 5.63. The van der Waals surface area contributed by atoms with E-state index in [1.165, 1.54) is 0 Å². The molecule has 7 heteroatoms. The summed E-state index contributed by atoms with van der Waals surface area (Å²) in [7, 11) is 0. The minimum atomic E-state index is -0.337. The number of hydrogen-bond acceptors (Lipinski definition) is 4. The Morgan fingerprint density at radius 2 is 1.65 bits per heavy atom. The van der Waals surface area contributed by atoms with E-state index in [2.05, 4.69) is 10.2 Å². The molecule has 0 saturated carbocycles. The minimum absolute atomic E-state index is 0.0336. The number of anilines is 2. The van der Waals surface area contributed by atoms with Crippen LogP contribution in [0.25, 0.3) is 0 Å². The van der Waals surface area contributed by atoms with Crippen molar-refractivity contribution in [1.29, 1.82) is 0 Å². The van der Waals surface area contributed by atoms with Crippen molar-refractivity contribution >= 4 is 34.8 Å². The Morgan fingerprint density at radius 1 is 1.00 bits per heavy atom. The van der Waals surface area contributed by atoms with Gasteiger partial charge in [0, 0.05) is 42.6 Å². The fourth-order valence-corrected chi connectivity index (χ4v) is 3.06. The van der Waals surface area contributed by atoms with Gasteiger partial charge in [0.15, 0.2) is 0 Å². The van der Waals surface area contributed by atoms with Gasteiger partial charge in [-0.1, -0.05) is 23.7 Å². The monoisotopic (exact) mass is 372 g/mol. The predicted molar refractivity (Wildman–Crippen MR) is 103 cm³/mol. The van der Waals surface area contributed by atoms with Crippen LogP contribution in [0.4, 0.5) is 11.4 Å². The number of hydrogen-bond donors (Lipinski definition) is 2. The number of halogens is 1. The van der Waals surface area contributed by atoms with Gasteiger partial charge in [0.2, 0.25) is 5.91 Å². The van der Waals surface area contributed by atoms with E-state index in [1.54, 1.807) is 29.2 Å². The van der Waals surface area contributed by atoms with Crippen LogP contribution < -0.4 is 16.0 Å². The molecule has 3 N–H and O–H groups in total. The Bertz CT molecular complexity index is 786. The molecule has 26 heavy (non-hydrogen) atoms. The highest BCUT2D eigenvalue weighted by Gasteiger charge is 2.22. The topological polar surface area (TPSA) is 78.7 Å². The zero-order valence-electron chi connectivity index (χ0n) is 14.3. The van der Waals surface area contributed by atoms with Gasteiger partial charge in [0.1, 0.15) is 0 Å². The molecule has 0 atom stereocenters. The third-order valence-corrected chi connectivity index (χ3v) is 4.68. The SMILES string of the molecule is Nc1ccccc1C(=O)NCC(=O)N1CCN(c2ccc(Cl)cc2)CC1. The minimum Gasteiger partial charge on any atom is -0.398 e. The smallest absolute Gasteiger partial charge is 0.253 e. The van der Waals surface area contributed by atoms with E-state index in [0.29, 0.717) is 29.4 Å². The van der Waals surface area contributed by atoms with Gasteiger partial charge in [-0.05, 0) is 36.4 Å². The summed E-state index contributed by atoms with van der Waals surface area (Å²) in [5.41, 5.74) is 7.65. The Balaban J connectivity index is 1.48. The molecule has 1 saturated heterocycles. The molecule has 136 valence electrons. The quantitative estimate of drug-likeness (QED) is 0.804. The zero-order chi connectivity index (χ0) is 18.5. The summed E-state index contributed by atoms with van der Waals surface area (Å²) in [5.74, 6) is -0.431. The highest BCUT2D eigenvalue weighted by Crippen LogP contribution is 2.19. The molecule has 1 fully saturated rings. The molecule has 6 nitrogen and oxygen atoms in total. The first-order chi connectivity index (χ1) is 12.5. The van der Waals surface area contributed by atoms with Gasteiger partial charge in [0.05, 0.1) is 12.1 Å². The maximum absolute atomic E-state index is 12.4. The number of para-hydroxylation sites is 1. The maximum Gasteiger partial charge on any atom is 0.253 e. The average Bonchev–Trinajstić information content (AvgIpc) is 2.67. The molecule has 0 radical (unpaired) electrons. The van der Waals surface area contributed by atoms with Crippen molar-refractivity contribution in [3.05, 3.63) is 59.1 Å². The maximum atomic E-state index is 12.4. The van der Waals surface area contributed by atoms with Crippen molar-refractivity contribution in [3.8, 4) is 0 Å². The number of nitrogens with one attached hydrogen (secondary N) is 1. The van der Waals surface area contributed by atoms with E-state index in [4.69, 9.17) is 17.3 Å². The molecule has 1 aliphatic heterocycles. The van der Waals surface area contributed by atoms with Crippen LogP contribution in [0, 0.1) is 0 Å². The van der Waals surface area contributed by atoms with E-state index >= 15 is 0 Å². The van der Waals surface area contributed by atoms with E-state index in [0.717, 1.165) is 18.8 Å². The fraction of sp³-hybridized carbons (Fsp3) is 0.263. The lowest BCUT2D eigenvalue weighted by Crippen LogP contribution is -2.51. The van der Waals surface area contributed by atoms with Crippen LogP contribution in [0.3, 0.4) is 0 Å². The van der Waals surface area contributed by atoms with E-state index in [-0.39, 0.29) is 18.4 Å². The second-order valence-corrected chi connectivity index (χ2v) is 6.55. The summed E-state index contributed by atoms with van der Waals surface area (Å²) < 4.78 is 0. The Labute approximate surface area is 157 Å². The molecular weight excluding hydrogens is 352 g/mol. The lowest BCUT2D eigenvalue weighted by molar-refractivity contribution is -0.130. The molecule has 0 aliphatic carbocycles. The molecule has 0 aromatic heterocycles. The van der Waals surface area contributed by atoms with Crippen molar-refractivity contribution in [2.24, 2.45) is 0 Å². The number of benzene rings is 2. The molecule has 2 aromatic carbocycles. The first-order valence-corrected chi connectivity index (χ1v) is 8.83. The van der Waals surface area contributed by atoms with Gasteiger partial charge in [-0.2, -0.15) is 0 Å². The molecule has 3 rings (SSSR count). The van der Waals surface area contributed by atoms with Gasteiger partial charge in [0.25, 0.3) is 5.91 Å². The second kappa shape index (κ2) is 8.10. The van der Waals surface area contributed by atoms with Crippen molar-refractivity contribution in [2.45, 2.75) is 0 Å². The molecule has 0 bridgehead atoms. The normalized spacial score (nSPS) is 14.2. The number of nitrogens with zero attached hydrogens (tertiary/aromatic N) is 2. The van der Waals surface area contributed by atoms with Gasteiger partial charge in [-0.25, -0.2) is 0 Å². The van der Waals surface area contributed by atoms with E-state index < -0.39 is 0 Å². The summed E-state index contributed by atoms with van der Waals surface area (Å²) in [6.45, 7) is 2.68. The van der Waals surface area contributed by atoms with Crippen LogP contribution >= 0.6 is 11.6 Å². The number of carbonyl (C=O) groups excluding carboxylic acids is 2. The molecule has 0 unspecified atom stereocenters. The molecular formula is C19H21ClN4O2. The standard InChI is InChI=1S/C19H21ClN4O2/c20-14-5-7-15(8-6-14)23-9-11-24(12-10-23)18(25)13-22-19(26)16-3-1-2-4-17(16)21/h1-8H,9-13,21H2,(H,22,26). The lowest BCUT2D eigenvalue weighted by atomic mass is 10.1. The fourth-order valence-electron chi connectivity index (χ4n) is 2.93. The second-order valence-electron chi connectivity index (χ2n) is 6.11. The van der Waals surface area contributed by atoms with Crippen molar-refractivity contribution in [3.63, 3.8) is 0 Å². The van der Waals surface area contributed by atoms with Gasteiger partial charge in [-0.3, -0.25) is 9.59 Å². The van der Waals surface area contributed by atoms with Crippen LogP contribution in [0.15, 0.2) is 48.5 Å². The average molecular weight is 373 g/mol. The predicted octanol–water partition coefficient (Wildman–Crippen LogP) is 2.00. The largest absolute Gasteiger partial charge is 0.398 e. The van der Waals surface area contributed by atoms with Crippen molar-refractivity contribution in [1.82, 2.24) is 10.2 Å². The van der Waals surface area contributed by atoms with E-state index in [1.807, 2.05) is 24.3 Å². The first kappa shape index (κ1) is 18.1. The highest BCUT2D eigenvalue weighted by atomic mass is 35.5. The Hall–Kier alpha value is -2.73. The summed E-state index contributed by atoms with van der Waals surface area (Å²) in [6, 6.07) is 14.5. The summed E-state index contributed by atoms with van der Waals surface area (Å²) in [4.78, 5) is 28.5. The highest BCUT2D eigenvalue weighted by molar-refractivity contribution is 6.30. The molecule has 0 spiro atoms. The van der Waals surface area contributed by atoms with Crippen LogP contribution in [0.1, 0.15) is 10.4 Å². The third kappa shape index (κ3) is 4.26. The van der Waals surface area contributed by atoms with Crippen LogP contribution in [-0.4, -0.2) is 49.4 Å². The number of rotatable bonds is 4. The lowest BCUT2D eigenvalue weighted by Gasteiger charge is -2.36. The van der Waals surface area contributed by atoms with Crippen LogP contribution in [-0.2, 0) is 4.79 Å². The van der Waals surface area contributed by atoms with Gasteiger partial charge >= 0.3 is 0 Å². The summed E-state index contributed by atoms with van der Waals surface area (Å²) in [6.07, 6.45) is 0. The van der Waals surface area contributed by atoms with E-state index in [9.17, 15) is 9.59 Å². The van der Waals surface area contributed by atoms with Crippen molar-refractivity contribution < 1.29 is 9.59 Å². The number of carbonyl (C=O) groups is 2. The number of nitrogen functional groups attached to an aromatic ring is 1. The molecule has 2 amide bonds. The van der Waals surface area contributed by atoms with Crippen LogP contribution in [0.2, 0.25) is 5.02 Å². The van der Waals surface area contributed by atoms with Crippen molar-refractivity contribution in [2.75, 3.05) is 43.4 Å². The van der Waals surface area contributed by atoms with Gasteiger partial charge < -0.3 is 20.9 Å². The molecule has 1 heterocycles. The van der Waals surface area contributed by atoms with Crippen LogP contribution in [0.5, 0.6) is 0 Å². The molecule has 1 aliphatic rings. The summed E-state index contributed by atoms with van der Waals surface area (Å²) >= 11 is 5.92. The third-order valence-electron chi connectivity index (χ3n) is 4.43. The molecule has 2 aromatic rings. The zero-order valence-corrected chi connectivity index (χ0v) is 15.1. The number of piperazine rings is 1.